The predicted octanol–water partition coefficient (Wildman–Crippen LogP) is 1.41. The van der Waals surface area contributed by atoms with Gasteiger partial charge in [0.1, 0.15) is 12.3 Å². The molecule has 0 aromatic heterocycles. The molecule has 0 aliphatic heterocycles. The smallest absolute Gasteiger partial charge is 0.327 e. The summed E-state index contributed by atoms with van der Waals surface area (Å²) in [5.74, 6) is 0.00759. The van der Waals surface area contributed by atoms with Crippen LogP contribution in [0, 0.1) is 0 Å². The summed E-state index contributed by atoms with van der Waals surface area (Å²) in [6.07, 6.45) is 0.750. The second-order valence-electron chi connectivity index (χ2n) is 4.51. The number of ether oxygens (including phenoxy) is 2. The van der Waals surface area contributed by atoms with Gasteiger partial charge in [0.05, 0.1) is 25.2 Å². The van der Waals surface area contributed by atoms with E-state index in [1.165, 1.54) is 7.11 Å². The van der Waals surface area contributed by atoms with Crippen LogP contribution in [0.15, 0.2) is 24.3 Å². The van der Waals surface area contributed by atoms with E-state index in [0.717, 1.165) is 10.6 Å². The Bertz CT molecular complexity index is 551. The first-order valence-corrected chi connectivity index (χ1v) is 7.90. The second-order valence-corrected chi connectivity index (χ2v) is 6.41. The Labute approximate surface area is 119 Å². The maximum Gasteiger partial charge on any atom is 0.327 e. The van der Waals surface area contributed by atoms with Crippen LogP contribution in [0.1, 0.15) is 13.8 Å². The molecule has 0 aliphatic carbocycles. The molecule has 0 amide bonds. The number of nitrogens with zero attached hydrogens (tertiary/aromatic N) is 1. The van der Waals surface area contributed by atoms with Crippen LogP contribution in [0.3, 0.4) is 0 Å². The first-order chi connectivity index (χ1) is 9.24. The van der Waals surface area contributed by atoms with Crippen molar-refractivity contribution in [2.45, 2.75) is 20.0 Å². The van der Waals surface area contributed by atoms with Crippen molar-refractivity contribution in [3.8, 4) is 5.75 Å². The summed E-state index contributed by atoms with van der Waals surface area (Å²) < 4.78 is 34.6. The minimum Gasteiger partial charge on any atom is -0.497 e. The van der Waals surface area contributed by atoms with Gasteiger partial charge in [-0.1, -0.05) is 0 Å². The molecular weight excluding hydrogens is 282 g/mol. The van der Waals surface area contributed by atoms with Gasteiger partial charge in [-0.25, -0.2) is 8.42 Å². The summed E-state index contributed by atoms with van der Waals surface area (Å²) in [6, 6.07) is 6.40. The lowest BCUT2D eigenvalue weighted by molar-refractivity contribution is -0.145. The molecule has 0 aliphatic rings. The van der Waals surface area contributed by atoms with E-state index in [1.54, 1.807) is 38.1 Å². The van der Waals surface area contributed by atoms with Gasteiger partial charge in [-0.3, -0.25) is 9.10 Å². The number of carbonyl (C=O) groups excluding carboxylic acids is 1. The van der Waals surface area contributed by atoms with Gasteiger partial charge in [-0.2, -0.15) is 0 Å². The van der Waals surface area contributed by atoms with Crippen LogP contribution in [0.4, 0.5) is 5.69 Å². The van der Waals surface area contributed by atoms with Crippen LogP contribution in [0.2, 0.25) is 0 Å². The van der Waals surface area contributed by atoms with Crippen LogP contribution in [0.25, 0.3) is 0 Å². The Balaban J connectivity index is 2.98. The van der Waals surface area contributed by atoms with Crippen molar-refractivity contribution in [1.82, 2.24) is 0 Å². The molecule has 7 heteroatoms. The van der Waals surface area contributed by atoms with Gasteiger partial charge in [-0.15, -0.1) is 0 Å². The molecule has 0 bridgehead atoms. The average molecular weight is 301 g/mol. The van der Waals surface area contributed by atoms with E-state index in [-0.39, 0.29) is 12.6 Å². The summed E-state index contributed by atoms with van der Waals surface area (Å²) in [4.78, 5) is 11.7. The number of sulfonamides is 1. The summed E-state index contributed by atoms with van der Waals surface area (Å²) in [5.41, 5.74) is 0.383. The Morgan fingerprint density at radius 2 is 1.80 bits per heavy atom. The predicted molar refractivity (Wildman–Crippen MR) is 76.4 cm³/mol. The summed E-state index contributed by atoms with van der Waals surface area (Å²) in [7, 11) is -2.06. The molecule has 0 saturated heterocycles. The van der Waals surface area contributed by atoms with Gasteiger partial charge in [0.25, 0.3) is 0 Å². The third kappa shape index (κ3) is 4.73. The summed E-state index contributed by atoms with van der Waals surface area (Å²) in [6.45, 7) is 3.05. The van der Waals surface area contributed by atoms with E-state index < -0.39 is 16.0 Å². The first-order valence-electron chi connectivity index (χ1n) is 6.05. The molecule has 0 atom stereocenters. The van der Waals surface area contributed by atoms with Crippen molar-refractivity contribution in [3.05, 3.63) is 24.3 Å². The summed E-state index contributed by atoms with van der Waals surface area (Å²) in [5, 5.41) is 0. The molecule has 0 radical (unpaired) electrons. The number of carbonyl (C=O) groups is 1. The number of hydrogen-bond acceptors (Lipinski definition) is 5. The van der Waals surface area contributed by atoms with Crippen molar-refractivity contribution < 1.29 is 22.7 Å². The molecule has 20 heavy (non-hydrogen) atoms. The van der Waals surface area contributed by atoms with Gasteiger partial charge in [0, 0.05) is 0 Å². The number of rotatable bonds is 6. The molecule has 0 heterocycles. The highest BCUT2D eigenvalue weighted by Gasteiger charge is 2.22. The van der Waals surface area contributed by atoms with E-state index in [1.807, 2.05) is 0 Å². The van der Waals surface area contributed by atoms with Crippen LogP contribution in [-0.4, -0.2) is 40.4 Å². The van der Waals surface area contributed by atoms with Crippen molar-refractivity contribution in [2.75, 3.05) is 24.2 Å². The minimum atomic E-state index is -3.58. The van der Waals surface area contributed by atoms with Gasteiger partial charge < -0.3 is 9.47 Å². The molecule has 0 unspecified atom stereocenters. The topological polar surface area (TPSA) is 72.9 Å². The molecule has 1 rings (SSSR count). The lowest BCUT2D eigenvalue weighted by Gasteiger charge is -2.22. The maximum absolute atomic E-state index is 11.8. The lowest BCUT2D eigenvalue weighted by Crippen LogP contribution is -2.36. The van der Waals surface area contributed by atoms with E-state index in [2.05, 4.69) is 0 Å². The fraction of sp³-hybridized carbons (Fsp3) is 0.462. The van der Waals surface area contributed by atoms with Crippen LogP contribution >= 0.6 is 0 Å². The number of esters is 1. The van der Waals surface area contributed by atoms with E-state index >= 15 is 0 Å². The van der Waals surface area contributed by atoms with Crippen molar-refractivity contribution in [1.29, 1.82) is 0 Å². The standard InChI is InChI=1S/C13H19NO5S/c1-10(2)19-13(15)9-14(20(4,16)17)11-5-7-12(18-3)8-6-11/h5-8,10H,9H2,1-4H3. The molecule has 112 valence electrons. The normalized spacial score (nSPS) is 11.2. The van der Waals surface area contributed by atoms with Gasteiger partial charge >= 0.3 is 5.97 Å². The van der Waals surface area contributed by atoms with E-state index in [4.69, 9.17) is 9.47 Å². The molecule has 1 aromatic carbocycles. The SMILES string of the molecule is COc1ccc(N(CC(=O)OC(C)C)S(C)(=O)=O)cc1. The highest BCUT2D eigenvalue weighted by atomic mass is 32.2. The number of benzene rings is 1. The van der Waals surface area contributed by atoms with Crippen LogP contribution in [0.5, 0.6) is 5.75 Å². The van der Waals surface area contributed by atoms with Gasteiger partial charge in [0.2, 0.25) is 10.0 Å². The third-order valence-electron chi connectivity index (χ3n) is 2.40. The van der Waals surface area contributed by atoms with Crippen molar-refractivity contribution >= 4 is 21.7 Å². The van der Waals surface area contributed by atoms with E-state index in [0.29, 0.717) is 11.4 Å². The highest BCUT2D eigenvalue weighted by molar-refractivity contribution is 7.92. The molecule has 1 aromatic rings. The zero-order chi connectivity index (χ0) is 15.3. The van der Waals surface area contributed by atoms with Crippen LogP contribution in [-0.2, 0) is 19.6 Å². The summed E-state index contributed by atoms with van der Waals surface area (Å²) >= 11 is 0. The molecule has 0 spiro atoms. The zero-order valence-corrected chi connectivity index (χ0v) is 12.8. The average Bonchev–Trinajstić information content (AvgIpc) is 2.34. The quantitative estimate of drug-likeness (QED) is 0.743. The first kappa shape index (κ1) is 16.3. The van der Waals surface area contributed by atoms with Gasteiger partial charge in [0.15, 0.2) is 0 Å². The monoisotopic (exact) mass is 301 g/mol. The number of anilines is 1. The Morgan fingerprint density at radius 3 is 2.20 bits per heavy atom. The van der Waals surface area contributed by atoms with Crippen LogP contribution < -0.4 is 9.04 Å². The maximum atomic E-state index is 11.8. The largest absolute Gasteiger partial charge is 0.497 e. The molecule has 0 saturated carbocycles. The van der Waals surface area contributed by atoms with Crippen molar-refractivity contribution in [3.63, 3.8) is 0 Å². The molecule has 0 N–H and O–H groups in total. The zero-order valence-electron chi connectivity index (χ0n) is 12.0. The fourth-order valence-electron chi connectivity index (χ4n) is 1.57. The van der Waals surface area contributed by atoms with Crippen molar-refractivity contribution in [2.24, 2.45) is 0 Å². The third-order valence-corrected chi connectivity index (χ3v) is 3.54. The Hall–Kier alpha value is -1.76. The number of methoxy groups -OCH3 is 1. The number of hydrogen-bond donors (Lipinski definition) is 0. The highest BCUT2D eigenvalue weighted by Crippen LogP contribution is 2.21. The van der Waals surface area contributed by atoms with E-state index in [9.17, 15) is 13.2 Å². The fourth-order valence-corrected chi connectivity index (χ4v) is 2.41. The molecular formula is C13H19NO5S. The second kappa shape index (κ2) is 6.60. The molecule has 6 nitrogen and oxygen atoms in total. The van der Waals surface area contributed by atoms with Gasteiger partial charge in [-0.05, 0) is 38.1 Å². The Morgan fingerprint density at radius 1 is 1.25 bits per heavy atom. The molecule has 0 fully saturated rings. The lowest BCUT2D eigenvalue weighted by atomic mass is 10.3. The Kier molecular flexibility index (Phi) is 5.38. The minimum absolute atomic E-state index is 0.292.